The second-order valence-corrected chi connectivity index (χ2v) is 10.4. The molecule has 2 heterocycles. The summed E-state index contributed by atoms with van der Waals surface area (Å²) in [7, 11) is 0. The van der Waals surface area contributed by atoms with Gasteiger partial charge in [0.2, 0.25) is 0 Å². The van der Waals surface area contributed by atoms with E-state index in [0.717, 1.165) is 23.8 Å². The first-order valence-electron chi connectivity index (χ1n) is 12.5. The Morgan fingerprint density at radius 3 is 2.43 bits per heavy atom. The third-order valence-corrected chi connectivity index (χ3v) is 6.88. The van der Waals surface area contributed by atoms with Crippen LogP contribution in [0.3, 0.4) is 0 Å². The number of hydrogen-bond acceptors (Lipinski definition) is 9. The number of aliphatic imine (C=N–C) groups is 2. The molecule has 0 spiro atoms. The van der Waals surface area contributed by atoms with Crippen molar-refractivity contribution in [3.63, 3.8) is 0 Å². The maximum atomic E-state index is 6.01. The second-order valence-electron chi connectivity index (χ2n) is 9.60. The van der Waals surface area contributed by atoms with Crippen LogP contribution in [0.25, 0.3) is 0 Å². The Balaban J connectivity index is 0.000000247. The lowest BCUT2D eigenvalue weighted by Crippen LogP contribution is -2.56. The van der Waals surface area contributed by atoms with Crippen molar-refractivity contribution in [1.82, 2.24) is 10.3 Å². The Labute approximate surface area is 216 Å². The van der Waals surface area contributed by atoms with Crippen LogP contribution in [0.2, 0.25) is 0 Å². The molecule has 1 fully saturated rings. The third kappa shape index (κ3) is 9.15. The van der Waals surface area contributed by atoms with Gasteiger partial charge in [0.05, 0.1) is 19.8 Å². The predicted molar refractivity (Wildman–Crippen MR) is 146 cm³/mol. The van der Waals surface area contributed by atoms with Gasteiger partial charge in [0.1, 0.15) is 11.4 Å². The van der Waals surface area contributed by atoms with Crippen LogP contribution in [-0.4, -0.2) is 59.7 Å². The number of benzene rings is 1. The van der Waals surface area contributed by atoms with Crippen LogP contribution in [0.4, 0.5) is 0 Å². The number of amidine groups is 2. The zero-order valence-electron chi connectivity index (χ0n) is 22.7. The van der Waals surface area contributed by atoms with Crippen molar-refractivity contribution in [2.75, 3.05) is 19.5 Å². The number of rotatable bonds is 8. The van der Waals surface area contributed by atoms with Gasteiger partial charge in [0.15, 0.2) is 17.7 Å². The molecule has 3 rings (SSSR count). The maximum absolute atomic E-state index is 6.01. The monoisotopic (exact) mass is 507 g/mol. The van der Waals surface area contributed by atoms with Gasteiger partial charge in [0, 0.05) is 12.5 Å². The number of hydrogen-bond donors (Lipinski definition) is 2. The first-order valence-corrected chi connectivity index (χ1v) is 13.8. The van der Waals surface area contributed by atoms with Gasteiger partial charge in [-0.2, -0.15) is 0 Å². The fraction of sp³-hybridized carbons (Fsp3) is 0.692. The number of nitrogens with two attached hydrogens (primary N) is 1. The lowest BCUT2D eigenvalue weighted by atomic mass is 10.1. The molecule has 0 aromatic heterocycles. The number of nitrogens with one attached hydrogen (secondary N) is 1. The maximum Gasteiger partial charge on any atom is 0.193 e. The topological polar surface area (TPSA) is 93.7 Å². The van der Waals surface area contributed by atoms with Crippen molar-refractivity contribution in [2.45, 2.75) is 92.1 Å². The van der Waals surface area contributed by atoms with E-state index in [0.29, 0.717) is 31.8 Å². The highest BCUT2D eigenvalue weighted by Gasteiger charge is 2.33. The minimum Gasteiger partial charge on any atom is -0.366 e. The third-order valence-electron chi connectivity index (χ3n) is 6.21. The summed E-state index contributed by atoms with van der Waals surface area (Å²) in [6.07, 6.45) is 3.41. The molecule has 1 saturated heterocycles. The van der Waals surface area contributed by atoms with E-state index in [1.165, 1.54) is 11.1 Å². The summed E-state index contributed by atoms with van der Waals surface area (Å²) in [5.41, 5.74) is 2.13. The largest absolute Gasteiger partial charge is 0.366 e. The molecule has 0 amide bonds. The average Bonchev–Trinajstić information content (AvgIpc) is 2.85. The summed E-state index contributed by atoms with van der Waals surface area (Å²) in [5, 5.41) is 5.83. The lowest BCUT2D eigenvalue weighted by Gasteiger charge is -2.37. The number of nitrogens with zero attached hydrogens (tertiary/aromatic N) is 3. The van der Waals surface area contributed by atoms with Crippen molar-refractivity contribution in [3.8, 4) is 0 Å². The molecule has 198 valence electrons. The van der Waals surface area contributed by atoms with Gasteiger partial charge in [-0.25, -0.2) is 15.8 Å². The molecular formula is C26H45N5O3S. The average molecular weight is 508 g/mol. The van der Waals surface area contributed by atoms with Crippen molar-refractivity contribution in [1.29, 1.82) is 0 Å². The lowest BCUT2D eigenvalue weighted by molar-refractivity contribution is -0.263. The molecule has 35 heavy (non-hydrogen) atoms. The molecule has 2 atom stereocenters. The molecule has 0 aliphatic carbocycles. The molecule has 2 aliphatic rings. The minimum atomic E-state index is -0.339. The highest BCUT2D eigenvalue weighted by molar-refractivity contribution is 8.13. The number of hydrazine groups is 1. The zero-order chi connectivity index (χ0) is 26.0. The molecule has 0 radical (unpaired) electrons. The Hall–Kier alpha value is -1.49. The Bertz CT molecular complexity index is 840. The molecule has 2 unspecified atom stereocenters. The van der Waals surface area contributed by atoms with Crippen LogP contribution < -0.4 is 11.2 Å². The number of aryl methyl sites for hydroxylation is 1. The van der Waals surface area contributed by atoms with Crippen LogP contribution in [-0.2, 0) is 20.8 Å². The smallest absolute Gasteiger partial charge is 0.193 e. The van der Waals surface area contributed by atoms with E-state index in [1.807, 2.05) is 25.3 Å². The van der Waals surface area contributed by atoms with Crippen LogP contribution in [0.5, 0.6) is 0 Å². The number of ether oxygens (including phenoxy) is 3. The van der Waals surface area contributed by atoms with E-state index in [1.54, 1.807) is 16.8 Å². The molecule has 2 aliphatic heterocycles. The molecule has 0 saturated carbocycles. The summed E-state index contributed by atoms with van der Waals surface area (Å²) >= 11 is 1.54. The summed E-state index contributed by atoms with van der Waals surface area (Å²) in [4.78, 5) is 8.90. The van der Waals surface area contributed by atoms with Gasteiger partial charge in [-0.15, -0.1) is 0 Å². The molecule has 9 heteroatoms. The molecule has 0 bridgehead atoms. The van der Waals surface area contributed by atoms with Crippen molar-refractivity contribution < 1.29 is 14.2 Å². The first-order chi connectivity index (χ1) is 16.6. The van der Waals surface area contributed by atoms with E-state index >= 15 is 0 Å². The van der Waals surface area contributed by atoms with Crippen molar-refractivity contribution in [2.24, 2.45) is 21.7 Å². The SMILES string of the molecule is CCC1=NC(NC(C)C(C)C)N(N)C(SC)=N1.CCC1OCC(C)(OCc2ccccc2C)CO1. The van der Waals surface area contributed by atoms with E-state index in [4.69, 9.17) is 20.1 Å². The summed E-state index contributed by atoms with van der Waals surface area (Å²) < 4.78 is 17.2. The molecule has 8 nitrogen and oxygen atoms in total. The van der Waals surface area contributed by atoms with Crippen LogP contribution in [0.15, 0.2) is 34.3 Å². The highest BCUT2D eigenvalue weighted by atomic mass is 32.2. The predicted octanol–water partition coefficient (Wildman–Crippen LogP) is 4.67. The molecule has 1 aromatic rings. The van der Waals surface area contributed by atoms with Crippen molar-refractivity contribution in [3.05, 3.63) is 35.4 Å². The standard InChI is InChI=1S/C15H22O3.C11H23N5S/c1-4-14-16-10-15(3,11-17-14)18-9-13-8-6-5-7-12(13)2;1-6-9-14-10(13-8(4)7(2)3)16(12)11(15-9)17-5/h5-8,14H,4,9-11H2,1-3H3;7-8,10,13H,6,12H2,1-5H3. The van der Waals surface area contributed by atoms with Crippen LogP contribution in [0, 0.1) is 12.8 Å². The van der Waals surface area contributed by atoms with Crippen LogP contribution in [0.1, 0.15) is 65.5 Å². The van der Waals surface area contributed by atoms with Gasteiger partial charge in [0.25, 0.3) is 0 Å². The first kappa shape index (κ1) is 29.7. The zero-order valence-corrected chi connectivity index (χ0v) is 23.5. The molecular weight excluding hydrogens is 462 g/mol. The van der Waals surface area contributed by atoms with Gasteiger partial charge in [-0.05, 0) is 50.5 Å². The second kappa shape index (κ2) is 14.3. The van der Waals surface area contributed by atoms with Crippen molar-refractivity contribution >= 4 is 22.8 Å². The van der Waals surface area contributed by atoms with E-state index < -0.39 is 0 Å². The van der Waals surface area contributed by atoms with Gasteiger partial charge < -0.3 is 14.2 Å². The minimum absolute atomic E-state index is 0.0693. The number of thioether (sulfide) groups is 1. The fourth-order valence-electron chi connectivity index (χ4n) is 3.34. The quantitative estimate of drug-likeness (QED) is 0.494. The van der Waals surface area contributed by atoms with E-state index in [2.05, 4.69) is 69.0 Å². The van der Waals surface area contributed by atoms with Gasteiger partial charge in [-0.1, -0.05) is 63.7 Å². The summed E-state index contributed by atoms with van der Waals surface area (Å²) in [6.45, 7) is 16.5. The Kier molecular flexibility index (Phi) is 12.2. The van der Waals surface area contributed by atoms with Gasteiger partial charge >= 0.3 is 0 Å². The molecule has 1 aromatic carbocycles. The van der Waals surface area contributed by atoms with Crippen LogP contribution >= 0.6 is 11.8 Å². The summed E-state index contributed by atoms with van der Waals surface area (Å²) in [5.74, 6) is 7.40. The Morgan fingerprint density at radius 2 is 1.89 bits per heavy atom. The molecule has 3 N–H and O–H groups in total. The highest BCUT2D eigenvalue weighted by Crippen LogP contribution is 2.23. The normalized spacial score (nSPS) is 25.5. The van der Waals surface area contributed by atoms with E-state index in [9.17, 15) is 0 Å². The van der Waals surface area contributed by atoms with Gasteiger partial charge in [-0.3, -0.25) is 10.3 Å². The summed E-state index contributed by atoms with van der Waals surface area (Å²) in [6, 6.07) is 8.63. The van der Waals surface area contributed by atoms with E-state index in [-0.39, 0.29) is 18.2 Å². The fourth-order valence-corrected chi connectivity index (χ4v) is 3.85. The Morgan fingerprint density at radius 1 is 1.23 bits per heavy atom.